The molecule has 136 valence electrons. The van der Waals surface area contributed by atoms with Crippen LogP contribution in [0.15, 0.2) is 0 Å². The normalized spacial score (nSPS) is 25.6. The molecule has 1 saturated carbocycles. The Balaban J connectivity index is 2.49. The van der Waals surface area contributed by atoms with Crippen LogP contribution < -0.4 is 10.0 Å². The van der Waals surface area contributed by atoms with Crippen molar-refractivity contribution < 1.29 is 14.1 Å². The van der Waals surface area contributed by atoms with Crippen LogP contribution in [0.1, 0.15) is 74.1 Å². The highest BCUT2D eigenvalue weighted by Gasteiger charge is 2.33. The molecule has 0 heterocycles. The van der Waals surface area contributed by atoms with Gasteiger partial charge in [0.2, 0.25) is 0 Å². The Morgan fingerprint density at radius 1 is 1.22 bits per heavy atom. The average molecular weight is 347 g/mol. The molecule has 5 nitrogen and oxygen atoms in total. The Kier molecular flexibility index (Phi) is 7.23. The molecule has 6 heteroatoms. The van der Waals surface area contributed by atoms with Crippen molar-refractivity contribution in [3.05, 3.63) is 0 Å². The topological polar surface area (TPSA) is 73.4 Å². The van der Waals surface area contributed by atoms with Crippen LogP contribution >= 0.6 is 0 Å². The fourth-order valence-electron chi connectivity index (χ4n) is 2.73. The van der Waals surface area contributed by atoms with Gasteiger partial charge in [0.05, 0.1) is 6.04 Å². The molecule has 0 saturated heterocycles. The molecule has 0 aromatic carbocycles. The predicted octanol–water partition coefficient (Wildman–Crippen LogP) is 3.51. The first-order chi connectivity index (χ1) is 10.4. The summed E-state index contributed by atoms with van der Waals surface area (Å²) in [5.74, 6) is 0.412. The summed E-state index contributed by atoms with van der Waals surface area (Å²) in [4.78, 5) is 11.9. The molecule has 1 fully saturated rings. The molecule has 4 atom stereocenters. The summed E-state index contributed by atoms with van der Waals surface area (Å²) in [6.07, 6.45) is 3.70. The molecule has 0 radical (unpaired) electrons. The number of ether oxygens (including phenoxy) is 1. The van der Waals surface area contributed by atoms with Gasteiger partial charge in [0.1, 0.15) is 10.3 Å². The first-order valence-corrected chi connectivity index (χ1v) is 9.71. The summed E-state index contributed by atoms with van der Waals surface area (Å²) in [6.45, 7) is 13.6. The van der Waals surface area contributed by atoms with Crippen LogP contribution in [0.25, 0.3) is 0 Å². The predicted molar refractivity (Wildman–Crippen MR) is 95.6 cm³/mol. The molecule has 0 bridgehead atoms. The van der Waals surface area contributed by atoms with Gasteiger partial charge in [-0.3, -0.25) is 0 Å². The van der Waals surface area contributed by atoms with Gasteiger partial charge in [-0.15, -0.1) is 4.72 Å². The largest absolute Gasteiger partial charge is 0.598 e. The van der Waals surface area contributed by atoms with Crippen LogP contribution in [0.3, 0.4) is 0 Å². The van der Waals surface area contributed by atoms with Crippen LogP contribution in [0.5, 0.6) is 0 Å². The van der Waals surface area contributed by atoms with Crippen molar-refractivity contribution in [2.45, 2.75) is 96.6 Å². The van der Waals surface area contributed by atoms with E-state index in [2.05, 4.69) is 17.0 Å². The van der Waals surface area contributed by atoms with Gasteiger partial charge in [0.15, 0.2) is 0 Å². The Labute approximate surface area is 144 Å². The van der Waals surface area contributed by atoms with Crippen molar-refractivity contribution in [3.63, 3.8) is 0 Å². The number of hydrogen-bond acceptors (Lipinski definition) is 4. The van der Waals surface area contributed by atoms with Gasteiger partial charge in [-0.1, -0.05) is 6.42 Å². The fourth-order valence-corrected chi connectivity index (χ4v) is 3.61. The first-order valence-electron chi connectivity index (χ1n) is 8.56. The van der Waals surface area contributed by atoms with Crippen molar-refractivity contribution in [3.8, 4) is 0 Å². The molecule has 1 rings (SSSR count). The van der Waals surface area contributed by atoms with Crippen LogP contribution in [0, 0.1) is 5.92 Å². The maximum Gasteiger partial charge on any atom is 0.407 e. The van der Waals surface area contributed by atoms with E-state index in [-0.39, 0.29) is 22.9 Å². The molecular formula is C17H34N2O3S. The summed E-state index contributed by atoms with van der Waals surface area (Å²) in [6, 6.07) is 0.300. The van der Waals surface area contributed by atoms with Crippen LogP contribution in [0.4, 0.5) is 4.79 Å². The number of rotatable bonds is 4. The standard InChI is InChI=1S/C17H34N2O3S/c1-12(19-23(21)17(5,6)7)13-9-8-10-14(11-13)18-15(20)22-16(2,3)4/h12-14,19H,8-11H2,1-7H3,(H,18,20)/t12-,13?,14+,23?/m0/s1. The van der Waals surface area contributed by atoms with E-state index in [1.54, 1.807) is 0 Å². The lowest BCUT2D eigenvalue weighted by atomic mass is 9.82. The number of carbonyl (C=O) groups excluding carboxylic acids is 1. The van der Waals surface area contributed by atoms with Gasteiger partial charge < -0.3 is 14.6 Å². The third-order valence-electron chi connectivity index (χ3n) is 3.99. The third-order valence-corrected chi connectivity index (χ3v) is 5.69. The van der Waals surface area contributed by atoms with Crippen molar-refractivity contribution in [2.24, 2.45) is 5.92 Å². The molecule has 1 aliphatic carbocycles. The van der Waals surface area contributed by atoms with Crippen molar-refractivity contribution >= 4 is 17.5 Å². The minimum absolute atomic E-state index is 0.135. The quantitative estimate of drug-likeness (QED) is 0.764. The molecule has 2 N–H and O–H groups in total. The lowest BCUT2D eigenvalue weighted by Gasteiger charge is -2.35. The van der Waals surface area contributed by atoms with Crippen molar-refractivity contribution in [2.75, 3.05) is 0 Å². The Morgan fingerprint density at radius 2 is 1.83 bits per heavy atom. The van der Waals surface area contributed by atoms with E-state index < -0.39 is 17.0 Å². The van der Waals surface area contributed by atoms with E-state index in [9.17, 15) is 9.35 Å². The van der Waals surface area contributed by atoms with Gasteiger partial charge in [-0.2, -0.15) is 0 Å². The van der Waals surface area contributed by atoms with E-state index in [4.69, 9.17) is 4.74 Å². The van der Waals surface area contributed by atoms with Crippen molar-refractivity contribution in [1.29, 1.82) is 0 Å². The second-order valence-corrected chi connectivity index (χ2v) is 10.6. The number of nitrogens with one attached hydrogen (secondary N) is 2. The molecule has 0 spiro atoms. The summed E-state index contributed by atoms with van der Waals surface area (Å²) in [7, 11) is 0. The second kappa shape index (κ2) is 8.08. The summed E-state index contributed by atoms with van der Waals surface area (Å²) < 4.78 is 20.5. The molecule has 23 heavy (non-hydrogen) atoms. The van der Waals surface area contributed by atoms with Gasteiger partial charge in [-0.25, -0.2) is 4.79 Å². The zero-order chi connectivity index (χ0) is 17.8. The lowest BCUT2D eigenvalue weighted by Crippen LogP contribution is -2.49. The van der Waals surface area contributed by atoms with Gasteiger partial charge in [0.25, 0.3) is 0 Å². The highest BCUT2D eigenvalue weighted by molar-refractivity contribution is 7.90. The maximum atomic E-state index is 12.2. The van der Waals surface area contributed by atoms with E-state index in [0.29, 0.717) is 5.92 Å². The monoisotopic (exact) mass is 346 g/mol. The summed E-state index contributed by atoms with van der Waals surface area (Å²) in [5.41, 5.74) is -0.476. The van der Waals surface area contributed by atoms with Gasteiger partial charge >= 0.3 is 6.09 Å². The van der Waals surface area contributed by atoms with E-state index >= 15 is 0 Å². The zero-order valence-electron chi connectivity index (χ0n) is 15.7. The minimum Gasteiger partial charge on any atom is -0.598 e. The number of alkyl carbamates (subject to hydrolysis) is 1. The lowest BCUT2D eigenvalue weighted by molar-refractivity contribution is 0.0481. The highest BCUT2D eigenvalue weighted by Crippen LogP contribution is 2.28. The minimum atomic E-state index is -1.07. The summed E-state index contributed by atoms with van der Waals surface area (Å²) in [5, 5.41) is 2.98. The maximum absolute atomic E-state index is 12.2. The molecule has 0 aromatic rings. The van der Waals surface area contributed by atoms with Gasteiger partial charge in [-0.05, 0) is 73.6 Å². The average Bonchev–Trinajstić information content (AvgIpc) is 2.35. The number of carbonyl (C=O) groups is 1. The molecule has 1 aliphatic rings. The Morgan fingerprint density at radius 3 is 2.35 bits per heavy atom. The zero-order valence-corrected chi connectivity index (χ0v) is 16.5. The SMILES string of the molecule is C[C@H](N[S+]([O-])C(C)(C)C)C1CCC[C@@H](NC(=O)OC(C)(C)C)C1. The van der Waals surface area contributed by atoms with Gasteiger partial charge in [0, 0.05) is 17.4 Å². The van der Waals surface area contributed by atoms with Crippen LogP contribution in [-0.2, 0) is 16.1 Å². The van der Waals surface area contributed by atoms with E-state index in [1.165, 1.54) is 0 Å². The van der Waals surface area contributed by atoms with Crippen molar-refractivity contribution in [1.82, 2.24) is 10.0 Å². The van der Waals surface area contributed by atoms with Crippen LogP contribution in [-0.4, -0.2) is 33.1 Å². The Bertz CT molecular complexity index is 390. The number of amides is 1. The van der Waals surface area contributed by atoms with E-state index in [1.807, 2.05) is 41.5 Å². The molecule has 0 aromatic heterocycles. The smallest absolute Gasteiger partial charge is 0.407 e. The third kappa shape index (κ3) is 7.77. The molecule has 2 unspecified atom stereocenters. The molecule has 1 amide bonds. The molecule has 0 aliphatic heterocycles. The second-order valence-electron chi connectivity index (χ2n) is 8.56. The Hall–Kier alpha value is -0.460. The highest BCUT2D eigenvalue weighted by atomic mass is 32.2. The fraction of sp³-hybridized carbons (Fsp3) is 0.941. The van der Waals surface area contributed by atoms with Crippen LogP contribution in [0.2, 0.25) is 0 Å². The first kappa shape index (κ1) is 20.6. The summed E-state index contributed by atoms with van der Waals surface area (Å²) >= 11 is -1.07. The molecular weight excluding hydrogens is 312 g/mol. The number of hydrogen-bond donors (Lipinski definition) is 2. The van der Waals surface area contributed by atoms with E-state index in [0.717, 1.165) is 25.7 Å².